The minimum absolute atomic E-state index is 0.128. The SMILES string of the molecule is COC(=O)[C@H](CC(C)C)N[C@H](CCc1ccccc1)P(=O)(OCc1ccccc1)OCc1ccccc1. The smallest absolute Gasteiger partial charge is 0.348 e. The number of aryl methyl sites for hydroxylation is 1. The normalized spacial score (nSPS) is 13.3. The lowest BCUT2D eigenvalue weighted by atomic mass is 10.0. The minimum atomic E-state index is -3.76. The Morgan fingerprint density at radius 3 is 1.68 bits per heavy atom. The number of nitrogens with one attached hydrogen (secondary N) is 1. The summed E-state index contributed by atoms with van der Waals surface area (Å²) in [5.74, 6) is -0.889. The van der Waals surface area contributed by atoms with Gasteiger partial charge in [-0.2, -0.15) is 0 Å². The summed E-state index contributed by atoms with van der Waals surface area (Å²) < 4.78 is 31.9. The molecular weight excluding hydrogens is 485 g/mol. The Morgan fingerprint density at radius 2 is 1.24 bits per heavy atom. The van der Waals surface area contributed by atoms with Gasteiger partial charge in [0.15, 0.2) is 0 Å². The molecule has 1 N–H and O–H groups in total. The molecule has 0 aliphatic carbocycles. The molecule has 0 unspecified atom stereocenters. The van der Waals surface area contributed by atoms with Gasteiger partial charge in [0.05, 0.1) is 20.3 Å². The number of benzene rings is 3. The predicted octanol–water partition coefficient (Wildman–Crippen LogP) is 6.75. The zero-order valence-electron chi connectivity index (χ0n) is 21.9. The summed E-state index contributed by atoms with van der Waals surface area (Å²) in [6, 6.07) is 28.5. The van der Waals surface area contributed by atoms with Crippen molar-refractivity contribution < 1.29 is 23.1 Å². The molecule has 0 heterocycles. The third-order valence-corrected chi connectivity index (χ3v) is 8.17. The molecule has 0 saturated carbocycles. The van der Waals surface area contributed by atoms with Crippen LogP contribution in [0, 0.1) is 5.92 Å². The number of carbonyl (C=O) groups is 1. The van der Waals surface area contributed by atoms with Crippen molar-refractivity contribution in [1.29, 1.82) is 0 Å². The molecule has 0 spiro atoms. The summed E-state index contributed by atoms with van der Waals surface area (Å²) in [7, 11) is -2.39. The topological polar surface area (TPSA) is 73.9 Å². The molecule has 3 aromatic rings. The Bertz CT molecular complexity index is 1060. The quantitative estimate of drug-likeness (QED) is 0.175. The van der Waals surface area contributed by atoms with E-state index >= 15 is 0 Å². The molecule has 0 radical (unpaired) electrons. The Labute approximate surface area is 220 Å². The molecule has 0 aromatic heterocycles. The summed E-state index contributed by atoms with van der Waals surface area (Å²) >= 11 is 0. The van der Waals surface area contributed by atoms with Gasteiger partial charge in [0, 0.05) is 0 Å². The van der Waals surface area contributed by atoms with Crippen molar-refractivity contribution in [3.63, 3.8) is 0 Å². The average Bonchev–Trinajstić information content (AvgIpc) is 2.93. The molecule has 198 valence electrons. The van der Waals surface area contributed by atoms with Gasteiger partial charge in [0.1, 0.15) is 11.8 Å². The van der Waals surface area contributed by atoms with Crippen LogP contribution in [0.3, 0.4) is 0 Å². The second-order valence-corrected chi connectivity index (χ2v) is 11.7. The van der Waals surface area contributed by atoms with Crippen LogP contribution in [0.4, 0.5) is 0 Å². The van der Waals surface area contributed by atoms with Crippen molar-refractivity contribution in [2.75, 3.05) is 7.11 Å². The largest absolute Gasteiger partial charge is 0.468 e. The number of hydrogen-bond donors (Lipinski definition) is 1. The molecule has 6 nitrogen and oxygen atoms in total. The highest BCUT2D eigenvalue weighted by molar-refractivity contribution is 7.54. The summed E-state index contributed by atoms with van der Waals surface area (Å²) in [6.07, 6.45) is 1.63. The van der Waals surface area contributed by atoms with E-state index in [1.54, 1.807) is 0 Å². The van der Waals surface area contributed by atoms with E-state index in [1.165, 1.54) is 7.11 Å². The van der Waals surface area contributed by atoms with E-state index in [-0.39, 0.29) is 19.1 Å². The van der Waals surface area contributed by atoms with E-state index in [4.69, 9.17) is 13.8 Å². The maximum Gasteiger partial charge on any atom is 0.348 e. The number of carbonyl (C=O) groups excluding carboxylic acids is 1. The molecule has 0 fully saturated rings. The van der Waals surface area contributed by atoms with Crippen molar-refractivity contribution in [3.8, 4) is 0 Å². The molecule has 0 bridgehead atoms. The fourth-order valence-corrected chi connectivity index (χ4v) is 5.95. The van der Waals surface area contributed by atoms with Crippen LogP contribution in [0.1, 0.15) is 43.4 Å². The molecule has 7 heteroatoms. The van der Waals surface area contributed by atoms with Gasteiger partial charge in [-0.05, 0) is 41.9 Å². The van der Waals surface area contributed by atoms with Crippen molar-refractivity contribution in [2.24, 2.45) is 5.92 Å². The van der Waals surface area contributed by atoms with Crippen LogP contribution in [-0.4, -0.2) is 24.9 Å². The van der Waals surface area contributed by atoms with Crippen LogP contribution < -0.4 is 5.32 Å². The third-order valence-electron chi connectivity index (χ3n) is 6.03. The van der Waals surface area contributed by atoms with Crippen molar-refractivity contribution in [3.05, 3.63) is 108 Å². The molecule has 3 rings (SSSR count). The average molecular weight is 524 g/mol. The maximum atomic E-state index is 14.6. The van der Waals surface area contributed by atoms with Crippen LogP contribution in [-0.2, 0) is 42.8 Å². The first kappa shape index (κ1) is 28.8. The third kappa shape index (κ3) is 9.56. The molecule has 2 atom stereocenters. The predicted molar refractivity (Wildman–Crippen MR) is 147 cm³/mol. The molecule has 0 amide bonds. The zero-order chi connectivity index (χ0) is 26.5. The lowest BCUT2D eigenvalue weighted by Crippen LogP contribution is -2.45. The van der Waals surface area contributed by atoms with Gasteiger partial charge < -0.3 is 13.8 Å². The van der Waals surface area contributed by atoms with Crippen LogP contribution in [0.5, 0.6) is 0 Å². The van der Waals surface area contributed by atoms with Crippen molar-refractivity contribution in [2.45, 2.75) is 58.1 Å². The molecule has 3 aromatic carbocycles. The van der Waals surface area contributed by atoms with E-state index in [9.17, 15) is 9.36 Å². The van der Waals surface area contributed by atoms with Crippen LogP contribution in [0.25, 0.3) is 0 Å². The van der Waals surface area contributed by atoms with Crippen LogP contribution >= 0.6 is 7.60 Å². The summed E-state index contributed by atoms with van der Waals surface area (Å²) in [5, 5.41) is 3.33. The second-order valence-electron chi connectivity index (χ2n) is 9.47. The summed E-state index contributed by atoms with van der Waals surface area (Å²) in [4.78, 5) is 12.7. The van der Waals surface area contributed by atoms with Gasteiger partial charge in [-0.3, -0.25) is 14.7 Å². The first-order valence-corrected chi connectivity index (χ1v) is 14.3. The van der Waals surface area contributed by atoms with E-state index < -0.39 is 25.4 Å². The maximum absolute atomic E-state index is 14.6. The number of rotatable bonds is 15. The Morgan fingerprint density at radius 1 is 0.784 bits per heavy atom. The fourth-order valence-electron chi connectivity index (χ4n) is 4.05. The van der Waals surface area contributed by atoms with Gasteiger partial charge in [0.25, 0.3) is 0 Å². The molecule has 0 aliphatic rings. The lowest BCUT2D eigenvalue weighted by Gasteiger charge is -2.31. The molecule has 37 heavy (non-hydrogen) atoms. The van der Waals surface area contributed by atoms with Gasteiger partial charge in [-0.15, -0.1) is 0 Å². The van der Waals surface area contributed by atoms with Gasteiger partial charge in [-0.1, -0.05) is 105 Å². The van der Waals surface area contributed by atoms with Crippen LogP contribution in [0.15, 0.2) is 91.0 Å². The van der Waals surface area contributed by atoms with E-state index in [2.05, 4.69) is 5.32 Å². The van der Waals surface area contributed by atoms with Gasteiger partial charge in [-0.25, -0.2) is 0 Å². The molecule has 0 aliphatic heterocycles. The van der Waals surface area contributed by atoms with E-state index in [0.29, 0.717) is 19.3 Å². The molecule has 0 saturated heterocycles. The van der Waals surface area contributed by atoms with Crippen molar-refractivity contribution >= 4 is 13.6 Å². The first-order valence-electron chi connectivity index (χ1n) is 12.7. The lowest BCUT2D eigenvalue weighted by molar-refractivity contribution is -0.143. The highest BCUT2D eigenvalue weighted by atomic mass is 31.2. The minimum Gasteiger partial charge on any atom is -0.468 e. The standard InChI is InChI=1S/C30H38NO5P/c1-24(2)21-28(30(32)34-3)31-29(20-19-25-13-7-4-8-14-25)37(33,35-22-26-15-9-5-10-16-26)36-23-27-17-11-6-12-18-27/h4-18,24,28-29,31H,19-23H2,1-3H3/t28-,29-/m0/s1. The number of hydrogen-bond acceptors (Lipinski definition) is 6. The van der Waals surface area contributed by atoms with E-state index in [1.807, 2.05) is 105 Å². The number of methoxy groups -OCH3 is 1. The Hall–Kier alpha value is -2.76. The Balaban J connectivity index is 1.91. The van der Waals surface area contributed by atoms with Gasteiger partial charge in [0.2, 0.25) is 0 Å². The highest BCUT2D eigenvalue weighted by Crippen LogP contribution is 2.55. The molecular formula is C30H38NO5P. The zero-order valence-corrected chi connectivity index (χ0v) is 22.8. The summed E-state index contributed by atoms with van der Waals surface area (Å²) in [5.41, 5.74) is 2.88. The number of ether oxygens (including phenoxy) is 1. The monoisotopic (exact) mass is 523 g/mol. The summed E-state index contributed by atoms with van der Waals surface area (Å²) in [6.45, 7) is 4.33. The highest BCUT2D eigenvalue weighted by Gasteiger charge is 2.39. The van der Waals surface area contributed by atoms with E-state index in [0.717, 1.165) is 16.7 Å². The first-order chi connectivity index (χ1) is 17.9. The Kier molecular flexibility index (Phi) is 11.6. The van der Waals surface area contributed by atoms with Crippen molar-refractivity contribution in [1.82, 2.24) is 5.32 Å². The number of esters is 1. The van der Waals surface area contributed by atoms with Crippen LogP contribution in [0.2, 0.25) is 0 Å². The fraction of sp³-hybridized carbons (Fsp3) is 0.367. The van der Waals surface area contributed by atoms with Gasteiger partial charge >= 0.3 is 13.6 Å². The second kappa shape index (κ2) is 14.8.